The second-order valence-corrected chi connectivity index (χ2v) is 12.8. The van der Waals surface area contributed by atoms with Gasteiger partial charge in [-0.25, -0.2) is 16.8 Å². The molecule has 0 radical (unpaired) electrons. The minimum absolute atomic E-state index is 0.0162. The molecule has 0 bridgehead atoms. The van der Waals surface area contributed by atoms with Gasteiger partial charge in [0, 0.05) is 26.2 Å². The Labute approximate surface area is 207 Å². The van der Waals surface area contributed by atoms with Crippen LogP contribution in [0.1, 0.15) is 22.6 Å². The minimum Gasteiger partial charge on any atom is -0.360 e. The van der Waals surface area contributed by atoms with E-state index in [1.807, 2.05) is 12.1 Å². The SMILES string of the molecule is Cc1noc(C)c1S(=O)(=O)N1CCN(S(=O)(=O)c2cccs2)C1C(=O)NCc1cccc(CN)c1. The van der Waals surface area contributed by atoms with E-state index in [0.717, 1.165) is 31.1 Å². The molecule has 1 fully saturated rings. The summed E-state index contributed by atoms with van der Waals surface area (Å²) in [5.74, 6) is -0.712. The van der Waals surface area contributed by atoms with E-state index < -0.39 is 32.1 Å². The number of hydrogen-bond acceptors (Lipinski definition) is 9. The predicted octanol–water partition coefficient (Wildman–Crippen LogP) is 1.15. The Hall–Kier alpha value is -2.62. The summed E-state index contributed by atoms with van der Waals surface area (Å²) in [6.07, 6.45) is -1.63. The summed E-state index contributed by atoms with van der Waals surface area (Å²) in [7, 11) is -8.45. The van der Waals surface area contributed by atoms with Gasteiger partial charge in [-0.2, -0.15) is 8.61 Å². The lowest BCUT2D eigenvalue weighted by Crippen LogP contribution is -2.53. The fourth-order valence-corrected chi connectivity index (χ4v) is 8.55. The van der Waals surface area contributed by atoms with Gasteiger partial charge in [-0.05, 0) is 36.4 Å². The van der Waals surface area contributed by atoms with Gasteiger partial charge < -0.3 is 15.6 Å². The average Bonchev–Trinajstić information content (AvgIpc) is 3.58. The molecule has 1 atom stereocenters. The van der Waals surface area contributed by atoms with Crippen LogP contribution in [0.5, 0.6) is 0 Å². The van der Waals surface area contributed by atoms with E-state index in [-0.39, 0.29) is 40.2 Å². The van der Waals surface area contributed by atoms with Crippen LogP contribution in [0, 0.1) is 13.8 Å². The first-order chi connectivity index (χ1) is 16.6. The van der Waals surface area contributed by atoms with Crippen molar-refractivity contribution in [1.29, 1.82) is 0 Å². The molecule has 1 saturated heterocycles. The minimum atomic E-state index is -4.31. The number of carbonyl (C=O) groups excluding carboxylic acids is 1. The van der Waals surface area contributed by atoms with Gasteiger partial charge in [0.05, 0.1) is 0 Å². The Kier molecular flexibility index (Phi) is 7.13. The molecule has 1 aliphatic rings. The number of sulfonamides is 2. The molecule has 35 heavy (non-hydrogen) atoms. The highest BCUT2D eigenvalue weighted by Gasteiger charge is 2.50. The third-order valence-corrected chi connectivity index (χ3v) is 10.9. The van der Waals surface area contributed by atoms with Gasteiger partial charge in [-0.3, -0.25) is 4.79 Å². The van der Waals surface area contributed by atoms with E-state index in [0.29, 0.717) is 6.54 Å². The lowest BCUT2D eigenvalue weighted by molar-refractivity contribution is -0.126. The van der Waals surface area contributed by atoms with E-state index >= 15 is 0 Å². The van der Waals surface area contributed by atoms with Gasteiger partial charge in [0.15, 0.2) is 11.9 Å². The number of aryl methyl sites for hydroxylation is 2. The highest BCUT2D eigenvalue weighted by Crippen LogP contribution is 2.33. The van der Waals surface area contributed by atoms with Crippen molar-refractivity contribution in [2.75, 3.05) is 13.1 Å². The Morgan fingerprint density at radius 1 is 1.11 bits per heavy atom. The van der Waals surface area contributed by atoms with E-state index in [1.54, 1.807) is 23.6 Å². The maximum absolute atomic E-state index is 13.6. The van der Waals surface area contributed by atoms with E-state index in [4.69, 9.17) is 10.3 Å². The van der Waals surface area contributed by atoms with Crippen LogP contribution in [0.25, 0.3) is 0 Å². The molecule has 3 aromatic rings. The van der Waals surface area contributed by atoms with Crippen LogP contribution in [0.15, 0.2) is 55.4 Å². The first-order valence-electron chi connectivity index (χ1n) is 10.6. The zero-order chi connectivity index (χ0) is 25.4. The molecule has 1 unspecified atom stereocenters. The van der Waals surface area contributed by atoms with Crippen molar-refractivity contribution in [3.63, 3.8) is 0 Å². The summed E-state index contributed by atoms with van der Waals surface area (Å²) in [6, 6.07) is 10.2. The molecular formula is C21H25N5O6S3. The Bertz CT molecular complexity index is 1410. The molecular weight excluding hydrogens is 514 g/mol. The number of hydrogen-bond donors (Lipinski definition) is 2. The van der Waals surface area contributed by atoms with Crippen molar-refractivity contribution in [1.82, 2.24) is 19.1 Å². The predicted molar refractivity (Wildman–Crippen MR) is 128 cm³/mol. The van der Waals surface area contributed by atoms with Gasteiger partial charge in [-0.1, -0.05) is 35.5 Å². The van der Waals surface area contributed by atoms with Crippen molar-refractivity contribution < 1.29 is 26.2 Å². The van der Waals surface area contributed by atoms with Crippen LogP contribution < -0.4 is 11.1 Å². The van der Waals surface area contributed by atoms with Crippen molar-refractivity contribution in [3.05, 3.63) is 64.4 Å². The number of rotatable bonds is 8. The number of nitrogens with one attached hydrogen (secondary N) is 1. The molecule has 1 amide bonds. The maximum atomic E-state index is 13.6. The third-order valence-electron chi connectivity index (χ3n) is 5.61. The molecule has 3 heterocycles. The number of amides is 1. The fraction of sp³-hybridized carbons (Fsp3) is 0.333. The van der Waals surface area contributed by atoms with E-state index in [1.165, 1.54) is 19.9 Å². The molecule has 0 saturated carbocycles. The van der Waals surface area contributed by atoms with Crippen LogP contribution in [0.3, 0.4) is 0 Å². The fourth-order valence-electron chi connectivity index (χ4n) is 3.98. The molecule has 1 aliphatic heterocycles. The van der Waals surface area contributed by atoms with Crippen LogP contribution in [0.4, 0.5) is 0 Å². The first-order valence-corrected chi connectivity index (χ1v) is 14.4. The van der Waals surface area contributed by atoms with Crippen LogP contribution in [0.2, 0.25) is 0 Å². The second-order valence-electron chi connectivity index (χ2n) is 7.93. The van der Waals surface area contributed by atoms with Crippen molar-refractivity contribution in [2.45, 2.75) is 42.2 Å². The second kappa shape index (κ2) is 9.79. The monoisotopic (exact) mass is 539 g/mol. The van der Waals surface area contributed by atoms with Gasteiger partial charge >= 0.3 is 0 Å². The molecule has 0 spiro atoms. The van der Waals surface area contributed by atoms with Gasteiger partial charge in [0.1, 0.15) is 14.8 Å². The van der Waals surface area contributed by atoms with E-state index in [9.17, 15) is 21.6 Å². The van der Waals surface area contributed by atoms with Crippen molar-refractivity contribution in [3.8, 4) is 0 Å². The standard InChI is InChI=1S/C21H25N5O6S3/c1-14-19(15(2)32-24-14)35(30,31)26-9-8-25(34(28,29)18-7-4-10-33-18)21(26)20(27)23-13-17-6-3-5-16(11-17)12-22/h3-7,10-11,21H,8-9,12-13,22H2,1-2H3,(H,23,27). The molecule has 14 heteroatoms. The van der Waals surface area contributed by atoms with Crippen molar-refractivity contribution in [2.24, 2.45) is 5.73 Å². The number of carbonyl (C=O) groups is 1. The summed E-state index contributed by atoms with van der Waals surface area (Å²) in [6.45, 7) is 2.90. The highest BCUT2D eigenvalue weighted by atomic mass is 32.2. The lowest BCUT2D eigenvalue weighted by Gasteiger charge is -2.28. The van der Waals surface area contributed by atoms with Gasteiger partial charge in [0.25, 0.3) is 15.9 Å². The summed E-state index contributed by atoms with van der Waals surface area (Å²) in [5, 5.41) is 7.99. The molecule has 1 aromatic carbocycles. The van der Waals surface area contributed by atoms with Crippen LogP contribution in [-0.2, 0) is 37.9 Å². The lowest BCUT2D eigenvalue weighted by atomic mass is 10.1. The Balaban J connectivity index is 1.70. The Morgan fingerprint density at radius 3 is 2.40 bits per heavy atom. The van der Waals surface area contributed by atoms with Gasteiger partial charge in [0.2, 0.25) is 10.0 Å². The smallest absolute Gasteiger partial charge is 0.254 e. The number of nitrogens with two attached hydrogens (primary N) is 1. The largest absolute Gasteiger partial charge is 0.360 e. The van der Waals surface area contributed by atoms with Gasteiger partial charge in [-0.15, -0.1) is 11.3 Å². The molecule has 188 valence electrons. The van der Waals surface area contributed by atoms with Crippen LogP contribution >= 0.6 is 11.3 Å². The zero-order valence-corrected chi connectivity index (χ0v) is 21.5. The number of thiophene rings is 1. The summed E-state index contributed by atoms with van der Waals surface area (Å²) in [5.41, 5.74) is 7.41. The third kappa shape index (κ3) is 4.77. The highest BCUT2D eigenvalue weighted by molar-refractivity contribution is 7.91. The first kappa shape index (κ1) is 25.5. The zero-order valence-electron chi connectivity index (χ0n) is 19.0. The summed E-state index contributed by atoms with van der Waals surface area (Å²) < 4.78 is 60.7. The van der Waals surface area contributed by atoms with Crippen molar-refractivity contribution >= 4 is 37.3 Å². The molecule has 3 N–H and O–H groups in total. The molecule has 4 rings (SSSR count). The Morgan fingerprint density at radius 2 is 1.80 bits per heavy atom. The summed E-state index contributed by atoms with van der Waals surface area (Å²) in [4.78, 5) is 13.2. The molecule has 11 nitrogen and oxygen atoms in total. The summed E-state index contributed by atoms with van der Waals surface area (Å²) >= 11 is 0.990. The molecule has 2 aromatic heterocycles. The van der Waals surface area contributed by atoms with Crippen LogP contribution in [-0.4, -0.2) is 55.8 Å². The normalized spacial score (nSPS) is 17.6. The number of nitrogens with zero attached hydrogens (tertiary/aromatic N) is 3. The quantitative estimate of drug-likeness (QED) is 0.432. The molecule has 0 aliphatic carbocycles. The topological polar surface area (TPSA) is 156 Å². The average molecular weight is 540 g/mol. The number of benzene rings is 1. The maximum Gasteiger partial charge on any atom is 0.254 e. The number of aromatic nitrogens is 1. The van der Waals surface area contributed by atoms with E-state index in [2.05, 4.69) is 10.5 Å².